The number of nitrogens with zero attached hydrogens (tertiary/aromatic N) is 3. The molecule has 114 valence electrons. The number of sulfonamides is 1. The predicted molar refractivity (Wildman–Crippen MR) is 81.9 cm³/mol. The van der Waals surface area contributed by atoms with Gasteiger partial charge in [0.25, 0.3) is 0 Å². The highest BCUT2D eigenvalue weighted by molar-refractivity contribution is 7.88. The summed E-state index contributed by atoms with van der Waals surface area (Å²) in [6.45, 7) is 2.92. The summed E-state index contributed by atoms with van der Waals surface area (Å²) >= 11 is 5.93. The van der Waals surface area contributed by atoms with E-state index in [0.29, 0.717) is 24.5 Å². The third-order valence-electron chi connectivity index (χ3n) is 2.97. The second-order valence-corrected chi connectivity index (χ2v) is 7.16. The maximum absolute atomic E-state index is 11.0. The summed E-state index contributed by atoms with van der Waals surface area (Å²) in [5.74, 6) is 0. The number of rotatable bonds is 6. The SMILES string of the molecule is Cc1cc(Cl)ccc1Cn1cc(CCNS(C)(=O)=O)nn1. The molecule has 2 rings (SSSR count). The van der Waals surface area contributed by atoms with Gasteiger partial charge in [-0.1, -0.05) is 22.9 Å². The van der Waals surface area contributed by atoms with Crippen molar-refractivity contribution in [2.24, 2.45) is 0 Å². The van der Waals surface area contributed by atoms with Crippen LogP contribution in [-0.4, -0.2) is 36.2 Å². The van der Waals surface area contributed by atoms with Crippen LogP contribution in [0, 0.1) is 6.92 Å². The molecule has 21 heavy (non-hydrogen) atoms. The summed E-state index contributed by atoms with van der Waals surface area (Å²) in [5, 5.41) is 8.79. The van der Waals surface area contributed by atoms with E-state index in [1.165, 1.54) is 0 Å². The topological polar surface area (TPSA) is 76.9 Å². The molecule has 1 aromatic carbocycles. The molecule has 0 spiro atoms. The fraction of sp³-hybridized carbons (Fsp3) is 0.385. The highest BCUT2D eigenvalue weighted by Crippen LogP contribution is 2.16. The van der Waals surface area contributed by atoms with Crippen molar-refractivity contribution in [3.8, 4) is 0 Å². The van der Waals surface area contributed by atoms with Crippen molar-refractivity contribution in [1.29, 1.82) is 0 Å². The maximum atomic E-state index is 11.0. The van der Waals surface area contributed by atoms with Gasteiger partial charge in [0.2, 0.25) is 10.0 Å². The van der Waals surface area contributed by atoms with E-state index in [2.05, 4.69) is 15.0 Å². The number of nitrogens with one attached hydrogen (secondary N) is 1. The Morgan fingerprint density at radius 3 is 2.81 bits per heavy atom. The normalized spacial score (nSPS) is 11.8. The first-order chi connectivity index (χ1) is 9.83. The second kappa shape index (κ2) is 6.55. The minimum absolute atomic E-state index is 0.317. The standard InChI is InChI=1S/C13H17ClN4O2S/c1-10-7-12(14)4-3-11(10)8-18-9-13(16-17-18)5-6-15-21(2,19)20/h3-4,7,9,15H,5-6,8H2,1-2H3. The zero-order chi connectivity index (χ0) is 15.5. The van der Waals surface area contributed by atoms with Crippen LogP contribution in [0.15, 0.2) is 24.4 Å². The largest absolute Gasteiger partial charge is 0.248 e. The third kappa shape index (κ3) is 5.11. The van der Waals surface area contributed by atoms with Gasteiger partial charge in [0.1, 0.15) is 0 Å². The Hall–Kier alpha value is -1.44. The highest BCUT2D eigenvalue weighted by atomic mass is 35.5. The average Bonchev–Trinajstić information content (AvgIpc) is 2.79. The van der Waals surface area contributed by atoms with Crippen molar-refractivity contribution in [2.75, 3.05) is 12.8 Å². The number of hydrogen-bond donors (Lipinski definition) is 1. The van der Waals surface area contributed by atoms with Gasteiger partial charge in [0, 0.05) is 24.2 Å². The van der Waals surface area contributed by atoms with Crippen LogP contribution in [-0.2, 0) is 23.0 Å². The van der Waals surface area contributed by atoms with E-state index in [9.17, 15) is 8.42 Å². The molecule has 2 aromatic rings. The first-order valence-electron chi connectivity index (χ1n) is 6.42. The Bertz CT molecular complexity index is 728. The third-order valence-corrected chi connectivity index (χ3v) is 3.93. The zero-order valence-corrected chi connectivity index (χ0v) is 13.4. The molecule has 0 bridgehead atoms. The minimum Gasteiger partial charge on any atom is -0.248 e. The van der Waals surface area contributed by atoms with Gasteiger partial charge in [-0.3, -0.25) is 0 Å². The van der Waals surface area contributed by atoms with Crippen LogP contribution >= 0.6 is 11.6 Å². The Balaban J connectivity index is 1.97. The lowest BCUT2D eigenvalue weighted by Gasteiger charge is -2.05. The molecule has 0 aliphatic heterocycles. The van der Waals surface area contributed by atoms with Gasteiger partial charge in [-0.2, -0.15) is 0 Å². The van der Waals surface area contributed by atoms with Crippen molar-refractivity contribution >= 4 is 21.6 Å². The summed E-state index contributed by atoms with van der Waals surface area (Å²) in [6.07, 6.45) is 3.46. The van der Waals surface area contributed by atoms with Crippen LogP contribution < -0.4 is 4.72 Å². The maximum Gasteiger partial charge on any atom is 0.208 e. The summed E-state index contributed by atoms with van der Waals surface area (Å²) in [4.78, 5) is 0. The van der Waals surface area contributed by atoms with Crippen LogP contribution in [0.1, 0.15) is 16.8 Å². The highest BCUT2D eigenvalue weighted by Gasteiger charge is 2.06. The second-order valence-electron chi connectivity index (χ2n) is 4.89. The van der Waals surface area contributed by atoms with Crippen molar-refractivity contribution in [3.05, 3.63) is 46.2 Å². The molecule has 1 N–H and O–H groups in total. The molecule has 0 saturated heterocycles. The van der Waals surface area contributed by atoms with E-state index in [-0.39, 0.29) is 0 Å². The quantitative estimate of drug-likeness (QED) is 0.869. The van der Waals surface area contributed by atoms with E-state index < -0.39 is 10.0 Å². The van der Waals surface area contributed by atoms with Crippen LogP contribution in [0.25, 0.3) is 0 Å². The monoisotopic (exact) mass is 328 g/mol. The summed E-state index contributed by atoms with van der Waals surface area (Å²) in [5.41, 5.74) is 2.96. The van der Waals surface area contributed by atoms with Gasteiger partial charge in [-0.05, 0) is 30.2 Å². The molecule has 0 fully saturated rings. The molecule has 0 radical (unpaired) electrons. The van der Waals surface area contributed by atoms with Crippen LogP contribution in [0.5, 0.6) is 0 Å². The van der Waals surface area contributed by atoms with Gasteiger partial charge < -0.3 is 0 Å². The molecule has 8 heteroatoms. The van der Waals surface area contributed by atoms with E-state index >= 15 is 0 Å². The zero-order valence-electron chi connectivity index (χ0n) is 11.9. The average molecular weight is 329 g/mol. The first-order valence-corrected chi connectivity index (χ1v) is 8.69. The number of aromatic nitrogens is 3. The van der Waals surface area contributed by atoms with E-state index in [1.54, 1.807) is 4.68 Å². The molecule has 0 unspecified atom stereocenters. The number of hydrogen-bond acceptors (Lipinski definition) is 4. The van der Waals surface area contributed by atoms with Gasteiger partial charge in [0.05, 0.1) is 18.5 Å². The lowest BCUT2D eigenvalue weighted by atomic mass is 10.1. The van der Waals surface area contributed by atoms with Crippen molar-refractivity contribution < 1.29 is 8.42 Å². The molecule has 1 heterocycles. The molecule has 1 aromatic heterocycles. The minimum atomic E-state index is -3.16. The van der Waals surface area contributed by atoms with Gasteiger partial charge in [-0.15, -0.1) is 5.10 Å². The summed E-state index contributed by atoms with van der Waals surface area (Å²) in [6, 6.07) is 5.72. The Morgan fingerprint density at radius 2 is 2.14 bits per heavy atom. The summed E-state index contributed by atoms with van der Waals surface area (Å²) in [7, 11) is -3.16. The molecular formula is C13H17ClN4O2S. The van der Waals surface area contributed by atoms with Crippen LogP contribution in [0.3, 0.4) is 0 Å². The fourth-order valence-corrected chi connectivity index (χ4v) is 2.61. The lowest BCUT2D eigenvalue weighted by molar-refractivity contribution is 0.587. The first kappa shape index (κ1) is 15.9. The number of benzene rings is 1. The predicted octanol–water partition coefficient (Wildman–Crippen LogP) is 1.38. The molecule has 0 amide bonds. The van der Waals surface area contributed by atoms with Crippen LogP contribution in [0.2, 0.25) is 5.02 Å². The van der Waals surface area contributed by atoms with Crippen molar-refractivity contribution in [1.82, 2.24) is 19.7 Å². The number of halogens is 1. The Labute approximate surface area is 129 Å². The van der Waals surface area contributed by atoms with Crippen molar-refractivity contribution in [2.45, 2.75) is 19.9 Å². The van der Waals surface area contributed by atoms with E-state index in [1.807, 2.05) is 31.3 Å². The molecule has 0 saturated carbocycles. The van der Waals surface area contributed by atoms with E-state index in [4.69, 9.17) is 11.6 Å². The summed E-state index contributed by atoms with van der Waals surface area (Å²) < 4.78 is 26.1. The van der Waals surface area contributed by atoms with Gasteiger partial charge in [-0.25, -0.2) is 17.8 Å². The fourth-order valence-electron chi connectivity index (χ4n) is 1.91. The molecule has 6 nitrogen and oxygen atoms in total. The molecule has 0 atom stereocenters. The Kier molecular flexibility index (Phi) is 4.97. The number of aryl methyl sites for hydroxylation is 1. The van der Waals surface area contributed by atoms with Crippen LogP contribution in [0.4, 0.5) is 0 Å². The van der Waals surface area contributed by atoms with E-state index in [0.717, 1.165) is 23.1 Å². The molecular weight excluding hydrogens is 312 g/mol. The Morgan fingerprint density at radius 1 is 1.38 bits per heavy atom. The molecule has 0 aliphatic rings. The van der Waals surface area contributed by atoms with Gasteiger partial charge >= 0.3 is 0 Å². The van der Waals surface area contributed by atoms with Gasteiger partial charge in [0.15, 0.2) is 0 Å². The smallest absolute Gasteiger partial charge is 0.208 e. The molecule has 0 aliphatic carbocycles. The lowest BCUT2D eigenvalue weighted by Crippen LogP contribution is -2.24. The van der Waals surface area contributed by atoms with Crippen molar-refractivity contribution in [3.63, 3.8) is 0 Å².